The lowest BCUT2D eigenvalue weighted by atomic mass is 10.1. The third-order valence-corrected chi connectivity index (χ3v) is 4.16. The van der Waals surface area contributed by atoms with Gasteiger partial charge in [0.05, 0.1) is 15.7 Å². The molecule has 4 nitrogen and oxygen atoms in total. The van der Waals surface area contributed by atoms with Crippen LogP contribution in [0.5, 0.6) is 0 Å². The Morgan fingerprint density at radius 1 is 0.913 bits per heavy atom. The predicted molar refractivity (Wildman–Crippen MR) is 96.6 cm³/mol. The SMILES string of the molecule is Nc1nc(Nc2ccc(Cl)cc2)cc(-c2cccc(Cl)c2Cl)n1. The van der Waals surface area contributed by atoms with Gasteiger partial charge in [-0.2, -0.15) is 4.98 Å². The lowest BCUT2D eigenvalue weighted by molar-refractivity contribution is 1.19. The number of hydrogen-bond donors (Lipinski definition) is 2. The number of hydrogen-bond acceptors (Lipinski definition) is 4. The fourth-order valence-electron chi connectivity index (χ4n) is 2.05. The minimum absolute atomic E-state index is 0.134. The van der Waals surface area contributed by atoms with Crippen LogP contribution in [-0.2, 0) is 0 Å². The van der Waals surface area contributed by atoms with E-state index in [1.165, 1.54) is 0 Å². The molecule has 0 amide bonds. The van der Waals surface area contributed by atoms with Crippen molar-refractivity contribution in [1.29, 1.82) is 0 Å². The smallest absolute Gasteiger partial charge is 0.222 e. The summed E-state index contributed by atoms with van der Waals surface area (Å²) >= 11 is 18.2. The van der Waals surface area contributed by atoms with Gasteiger partial charge >= 0.3 is 0 Å². The Labute approximate surface area is 148 Å². The summed E-state index contributed by atoms with van der Waals surface area (Å²) in [6, 6.07) is 14.3. The minimum atomic E-state index is 0.134. The molecule has 1 aromatic heterocycles. The molecule has 0 atom stereocenters. The second kappa shape index (κ2) is 6.62. The zero-order valence-electron chi connectivity index (χ0n) is 11.7. The summed E-state index contributed by atoms with van der Waals surface area (Å²) in [6.45, 7) is 0. The average molecular weight is 366 g/mol. The van der Waals surface area contributed by atoms with E-state index in [0.717, 1.165) is 5.69 Å². The summed E-state index contributed by atoms with van der Waals surface area (Å²) in [6.07, 6.45) is 0. The molecule has 7 heteroatoms. The molecule has 1 heterocycles. The van der Waals surface area contributed by atoms with E-state index in [9.17, 15) is 0 Å². The van der Waals surface area contributed by atoms with Crippen LogP contribution in [0, 0.1) is 0 Å². The Morgan fingerprint density at radius 2 is 1.65 bits per heavy atom. The quantitative estimate of drug-likeness (QED) is 0.649. The first-order valence-corrected chi connectivity index (χ1v) is 7.78. The molecule has 0 aliphatic rings. The molecule has 0 fully saturated rings. The molecular formula is C16H11Cl3N4. The van der Waals surface area contributed by atoms with Gasteiger partial charge < -0.3 is 11.1 Å². The minimum Gasteiger partial charge on any atom is -0.368 e. The fourth-order valence-corrected chi connectivity index (χ4v) is 2.57. The zero-order chi connectivity index (χ0) is 16.4. The number of halogens is 3. The molecule has 116 valence electrons. The number of aromatic nitrogens is 2. The topological polar surface area (TPSA) is 63.8 Å². The number of nitrogens with one attached hydrogen (secondary N) is 1. The molecule has 3 aromatic rings. The summed E-state index contributed by atoms with van der Waals surface area (Å²) in [7, 11) is 0. The van der Waals surface area contributed by atoms with E-state index < -0.39 is 0 Å². The predicted octanol–water partition coefficient (Wildman–Crippen LogP) is 5.43. The molecule has 0 saturated heterocycles. The van der Waals surface area contributed by atoms with Crippen molar-refractivity contribution in [3.8, 4) is 11.3 Å². The van der Waals surface area contributed by atoms with E-state index >= 15 is 0 Å². The molecular weight excluding hydrogens is 355 g/mol. The normalized spacial score (nSPS) is 10.6. The van der Waals surface area contributed by atoms with Crippen LogP contribution in [0.2, 0.25) is 15.1 Å². The van der Waals surface area contributed by atoms with E-state index in [4.69, 9.17) is 40.5 Å². The third-order valence-electron chi connectivity index (χ3n) is 3.09. The van der Waals surface area contributed by atoms with Gasteiger partial charge in [-0.05, 0) is 30.3 Å². The van der Waals surface area contributed by atoms with Crippen molar-refractivity contribution < 1.29 is 0 Å². The molecule has 0 radical (unpaired) electrons. The van der Waals surface area contributed by atoms with Crippen LogP contribution < -0.4 is 11.1 Å². The van der Waals surface area contributed by atoms with Gasteiger partial charge in [-0.3, -0.25) is 0 Å². The van der Waals surface area contributed by atoms with Gasteiger partial charge in [-0.1, -0.05) is 46.9 Å². The highest BCUT2D eigenvalue weighted by Gasteiger charge is 2.11. The monoisotopic (exact) mass is 364 g/mol. The van der Waals surface area contributed by atoms with Crippen molar-refractivity contribution in [2.45, 2.75) is 0 Å². The van der Waals surface area contributed by atoms with Gasteiger partial charge in [0.1, 0.15) is 5.82 Å². The molecule has 0 spiro atoms. The van der Waals surface area contributed by atoms with E-state index in [0.29, 0.717) is 32.1 Å². The standard InChI is InChI=1S/C16H11Cl3N4/c17-9-4-6-10(7-5-9)21-14-8-13(22-16(20)23-14)11-2-1-3-12(18)15(11)19/h1-8H,(H3,20,21,22,23). The summed E-state index contributed by atoms with van der Waals surface area (Å²) in [4.78, 5) is 8.40. The highest BCUT2D eigenvalue weighted by molar-refractivity contribution is 6.43. The van der Waals surface area contributed by atoms with Crippen LogP contribution in [0.3, 0.4) is 0 Å². The lowest BCUT2D eigenvalue weighted by Gasteiger charge is -2.10. The van der Waals surface area contributed by atoms with Gasteiger partial charge in [0.25, 0.3) is 0 Å². The van der Waals surface area contributed by atoms with Crippen molar-refractivity contribution in [1.82, 2.24) is 9.97 Å². The fraction of sp³-hybridized carbons (Fsp3) is 0. The molecule has 3 N–H and O–H groups in total. The maximum absolute atomic E-state index is 6.24. The van der Waals surface area contributed by atoms with E-state index in [-0.39, 0.29) is 5.95 Å². The molecule has 23 heavy (non-hydrogen) atoms. The lowest BCUT2D eigenvalue weighted by Crippen LogP contribution is -2.01. The number of nitrogens with zero attached hydrogens (tertiary/aromatic N) is 2. The van der Waals surface area contributed by atoms with Crippen molar-refractivity contribution in [2.75, 3.05) is 11.1 Å². The highest BCUT2D eigenvalue weighted by Crippen LogP contribution is 2.33. The van der Waals surface area contributed by atoms with Crippen LogP contribution in [0.1, 0.15) is 0 Å². The second-order valence-electron chi connectivity index (χ2n) is 4.73. The van der Waals surface area contributed by atoms with Gasteiger partial charge in [0, 0.05) is 22.3 Å². The van der Waals surface area contributed by atoms with Crippen LogP contribution in [0.25, 0.3) is 11.3 Å². The Bertz CT molecular complexity index is 850. The molecule has 0 unspecified atom stereocenters. The van der Waals surface area contributed by atoms with Crippen LogP contribution in [0.4, 0.5) is 17.5 Å². The van der Waals surface area contributed by atoms with E-state index in [1.54, 1.807) is 30.3 Å². The van der Waals surface area contributed by atoms with Crippen molar-refractivity contribution in [3.05, 3.63) is 63.6 Å². The summed E-state index contributed by atoms with van der Waals surface area (Å²) in [5.41, 5.74) is 7.90. The van der Waals surface area contributed by atoms with Gasteiger partial charge in [0.15, 0.2) is 0 Å². The molecule has 0 saturated carbocycles. The molecule has 2 aromatic carbocycles. The number of nitrogens with two attached hydrogens (primary N) is 1. The third kappa shape index (κ3) is 3.67. The number of nitrogen functional groups attached to an aromatic ring is 1. The van der Waals surface area contributed by atoms with Crippen molar-refractivity contribution in [3.63, 3.8) is 0 Å². The van der Waals surface area contributed by atoms with Gasteiger partial charge in [-0.25, -0.2) is 4.98 Å². The van der Waals surface area contributed by atoms with Gasteiger partial charge in [-0.15, -0.1) is 0 Å². The highest BCUT2D eigenvalue weighted by atomic mass is 35.5. The zero-order valence-corrected chi connectivity index (χ0v) is 14.0. The van der Waals surface area contributed by atoms with Crippen molar-refractivity contribution >= 4 is 52.3 Å². The Morgan fingerprint density at radius 3 is 2.39 bits per heavy atom. The first-order valence-electron chi connectivity index (χ1n) is 6.64. The Kier molecular flexibility index (Phi) is 4.57. The molecule has 0 bridgehead atoms. The van der Waals surface area contributed by atoms with Crippen molar-refractivity contribution in [2.24, 2.45) is 0 Å². The largest absolute Gasteiger partial charge is 0.368 e. The first kappa shape index (κ1) is 15.9. The summed E-state index contributed by atoms with van der Waals surface area (Å²) in [5.74, 6) is 0.681. The van der Waals surface area contributed by atoms with Gasteiger partial charge in [0.2, 0.25) is 5.95 Å². The summed E-state index contributed by atoms with van der Waals surface area (Å²) in [5, 5.41) is 4.68. The number of rotatable bonds is 3. The summed E-state index contributed by atoms with van der Waals surface area (Å²) < 4.78 is 0. The van der Waals surface area contributed by atoms with E-state index in [1.807, 2.05) is 18.2 Å². The van der Waals surface area contributed by atoms with Crippen LogP contribution in [-0.4, -0.2) is 9.97 Å². The van der Waals surface area contributed by atoms with Crippen LogP contribution >= 0.6 is 34.8 Å². The Balaban J connectivity index is 1.99. The number of benzene rings is 2. The maximum atomic E-state index is 6.24. The van der Waals surface area contributed by atoms with E-state index in [2.05, 4.69) is 15.3 Å². The molecule has 0 aliphatic heterocycles. The second-order valence-corrected chi connectivity index (χ2v) is 5.95. The Hall–Kier alpha value is -2.01. The molecule has 0 aliphatic carbocycles. The molecule has 3 rings (SSSR count). The van der Waals surface area contributed by atoms with Crippen LogP contribution in [0.15, 0.2) is 48.5 Å². The average Bonchev–Trinajstić information content (AvgIpc) is 2.52. The number of anilines is 3. The maximum Gasteiger partial charge on any atom is 0.222 e. The first-order chi connectivity index (χ1) is 11.0.